The number of rotatable bonds is 4. The molecule has 1 N–H and O–H groups in total. The molecular weight excluding hydrogens is 262 g/mol. The van der Waals surface area contributed by atoms with Crippen molar-refractivity contribution >= 4 is 5.69 Å². The van der Waals surface area contributed by atoms with Gasteiger partial charge in [-0.2, -0.15) is 5.10 Å². The van der Waals surface area contributed by atoms with Crippen molar-refractivity contribution in [2.75, 3.05) is 5.32 Å². The smallest absolute Gasteiger partial charge is 0.110 e. The van der Waals surface area contributed by atoms with Gasteiger partial charge in [-0.05, 0) is 31.5 Å². The SMILES string of the molecule is Cc1nccn1-c1ccc([C@H](C)Nc2cnn(C)c2)cc1. The molecule has 0 amide bonds. The largest absolute Gasteiger partial charge is 0.376 e. The summed E-state index contributed by atoms with van der Waals surface area (Å²) in [5.41, 5.74) is 3.39. The molecule has 1 aromatic carbocycles. The number of imidazole rings is 1. The maximum atomic E-state index is 4.25. The summed E-state index contributed by atoms with van der Waals surface area (Å²) in [6.45, 7) is 4.14. The van der Waals surface area contributed by atoms with E-state index in [-0.39, 0.29) is 6.04 Å². The van der Waals surface area contributed by atoms with Gasteiger partial charge >= 0.3 is 0 Å². The maximum absolute atomic E-state index is 4.25. The third-order valence-corrected chi connectivity index (χ3v) is 3.59. The first-order chi connectivity index (χ1) is 10.1. The number of aromatic nitrogens is 4. The Balaban J connectivity index is 1.76. The Morgan fingerprint density at radius 3 is 2.52 bits per heavy atom. The highest BCUT2D eigenvalue weighted by Crippen LogP contribution is 2.20. The van der Waals surface area contributed by atoms with Gasteiger partial charge in [0.15, 0.2) is 0 Å². The Bertz CT molecular complexity index is 723. The standard InChI is InChI=1S/C16H19N5/c1-12(19-15-10-18-20(3)11-15)14-4-6-16(7-5-14)21-9-8-17-13(21)2/h4-12,19H,1-3H3/t12-/m0/s1. The van der Waals surface area contributed by atoms with E-state index in [9.17, 15) is 0 Å². The van der Waals surface area contributed by atoms with E-state index in [0.717, 1.165) is 17.2 Å². The van der Waals surface area contributed by atoms with Crippen LogP contribution in [0.25, 0.3) is 5.69 Å². The van der Waals surface area contributed by atoms with E-state index in [4.69, 9.17) is 0 Å². The summed E-state index contributed by atoms with van der Waals surface area (Å²) in [5, 5.41) is 7.61. The van der Waals surface area contributed by atoms with Crippen LogP contribution in [-0.4, -0.2) is 19.3 Å². The Morgan fingerprint density at radius 2 is 1.95 bits per heavy atom. The van der Waals surface area contributed by atoms with Gasteiger partial charge in [0.25, 0.3) is 0 Å². The summed E-state index contributed by atoms with van der Waals surface area (Å²) in [5.74, 6) is 0.990. The molecule has 5 nitrogen and oxygen atoms in total. The van der Waals surface area contributed by atoms with Crippen LogP contribution in [0, 0.1) is 6.92 Å². The molecule has 0 spiro atoms. The monoisotopic (exact) mass is 281 g/mol. The number of nitrogens with zero attached hydrogens (tertiary/aromatic N) is 4. The van der Waals surface area contributed by atoms with Gasteiger partial charge in [-0.1, -0.05) is 12.1 Å². The van der Waals surface area contributed by atoms with E-state index in [1.807, 2.05) is 38.8 Å². The van der Waals surface area contributed by atoms with Crippen LogP contribution >= 0.6 is 0 Å². The van der Waals surface area contributed by atoms with Crippen LogP contribution in [0.5, 0.6) is 0 Å². The summed E-state index contributed by atoms with van der Waals surface area (Å²) in [4.78, 5) is 4.25. The zero-order chi connectivity index (χ0) is 14.8. The number of aryl methyl sites for hydroxylation is 2. The van der Waals surface area contributed by atoms with Crippen LogP contribution in [-0.2, 0) is 7.05 Å². The van der Waals surface area contributed by atoms with Crippen LogP contribution in [0.3, 0.4) is 0 Å². The number of hydrogen-bond donors (Lipinski definition) is 1. The van der Waals surface area contributed by atoms with Crippen molar-refractivity contribution in [3.05, 3.63) is 60.4 Å². The third-order valence-electron chi connectivity index (χ3n) is 3.59. The van der Waals surface area contributed by atoms with E-state index in [1.165, 1.54) is 5.56 Å². The summed E-state index contributed by atoms with van der Waals surface area (Å²) >= 11 is 0. The Labute approximate surface area is 124 Å². The lowest BCUT2D eigenvalue weighted by molar-refractivity contribution is 0.767. The normalized spacial score (nSPS) is 12.3. The third kappa shape index (κ3) is 2.81. The van der Waals surface area contributed by atoms with Gasteiger partial charge < -0.3 is 9.88 Å². The second-order valence-corrected chi connectivity index (χ2v) is 5.20. The van der Waals surface area contributed by atoms with Crippen molar-refractivity contribution in [1.29, 1.82) is 0 Å². The van der Waals surface area contributed by atoms with Crippen LogP contribution < -0.4 is 5.32 Å². The second kappa shape index (κ2) is 5.44. The maximum Gasteiger partial charge on any atom is 0.110 e. The molecular formula is C16H19N5. The predicted molar refractivity (Wildman–Crippen MR) is 83.5 cm³/mol. The highest BCUT2D eigenvalue weighted by atomic mass is 15.3. The lowest BCUT2D eigenvalue weighted by atomic mass is 10.1. The average Bonchev–Trinajstić information content (AvgIpc) is 3.08. The molecule has 0 fully saturated rings. The van der Waals surface area contributed by atoms with Crippen LogP contribution in [0.15, 0.2) is 49.1 Å². The van der Waals surface area contributed by atoms with E-state index in [1.54, 1.807) is 4.68 Å². The fraction of sp³-hybridized carbons (Fsp3) is 0.250. The molecule has 0 saturated heterocycles. The minimum absolute atomic E-state index is 0.229. The highest BCUT2D eigenvalue weighted by molar-refractivity contribution is 5.43. The van der Waals surface area contributed by atoms with Gasteiger partial charge in [0, 0.05) is 37.4 Å². The van der Waals surface area contributed by atoms with Crippen molar-refractivity contribution in [2.45, 2.75) is 19.9 Å². The van der Waals surface area contributed by atoms with Crippen LogP contribution in [0.2, 0.25) is 0 Å². The van der Waals surface area contributed by atoms with Gasteiger partial charge in [-0.15, -0.1) is 0 Å². The molecule has 0 aliphatic rings. The fourth-order valence-electron chi connectivity index (χ4n) is 2.40. The van der Waals surface area contributed by atoms with Crippen molar-refractivity contribution < 1.29 is 0 Å². The average molecular weight is 281 g/mol. The molecule has 0 saturated carbocycles. The molecule has 0 bridgehead atoms. The van der Waals surface area contributed by atoms with Gasteiger partial charge in [0.1, 0.15) is 5.82 Å². The summed E-state index contributed by atoms with van der Waals surface area (Å²) in [6, 6.07) is 8.75. The first-order valence-electron chi connectivity index (χ1n) is 6.99. The van der Waals surface area contributed by atoms with Gasteiger partial charge in [0.05, 0.1) is 11.9 Å². The molecule has 0 aliphatic carbocycles. The van der Waals surface area contributed by atoms with Crippen LogP contribution in [0.1, 0.15) is 24.4 Å². The van der Waals surface area contributed by atoms with Crippen LogP contribution in [0.4, 0.5) is 5.69 Å². The number of benzene rings is 1. The predicted octanol–water partition coefficient (Wildman–Crippen LogP) is 3.09. The lowest BCUT2D eigenvalue weighted by Crippen LogP contribution is -2.06. The van der Waals surface area contributed by atoms with Gasteiger partial charge in [-0.25, -0.2) is 4.98 Å². The number of nitrogens with one attached hydrogen (secondary N) is 1. The topological polar surface area (TPSA) is 47.7 Å². The van der Waals surface area contributed by atoms with E-state index < -0.39 is 0 Å². The molecule has 5 heteroatoms. The highest BCUT2D eigenvalue weighted by Gasteiger charge is 2.07. The zero-order valence-electron chi connectivity index (χ0n) is 12.5. The van der Waals surface area contributed by atoms with Crippen molar-refractivity contribution in [3.63, 3.8) is 0 Å². The quantitative estimate of drug-likeness (QED) is 0.799. The lowest BCUT2D eigenvalue weighted by Gasteiger charge is -2.15. The summed E-state index contributed by atoms with van der Waals surface area (Å²) in [7, 11) is 1.91. The van der Waals surface area contributed by atoms with Crippen molar-refractivity contribution in [2.24, 2.45) is 7.05 Å². The Morgan fingerprint density at radius 1 is 1.19 bits per heavy atom. The molecule has 1 atom stereocenters. The summed E-state index contributed by atoms with van der Waals surface area (Å²) in [6.07, 6.45) is 7.59. The molecule has 3 rings (SSSR count). The Hall–Kier alpha value is -2.56. The Kier molecular flexibility index (Phi) is 3.48. The molecule has 2 aromatic heterocycles. The molecule has 0 radical (unpaired) electrons. The summed E-state index contributed by atoms with van der Waals surface area (Å²) < 4.78 is 3.86. The van der Waals surface area contributed by atoms with Crippen molar-refractivity contribution in [3.8, 4) is 5.69 Å². The number of anilines is 1. The molecule has 0 aliphatic heterocycles. The molecule has 2 heterocycles. The first kappa shape index (κ1) is 13.4. The van der Waals surface area contributed by atoms with Gasteiger partial charge in [0.2, 0.25) is 0 Å². The van der Waals surface area contributed by atoms with Crippen molar-refractivity contribution in [1.82, 2.24) is 19.3 Å². The minimum Gasteiger partial charge on any atom is -0.376 e. The molecule has 3 aromatic rings. The van der Waals surface area contributed by atoms with E-state index in [0.29, 0.717) is 0 Å². The van der Waals surface area contributed by atoms with E-state index >= 15 is 0 Å². The minimum atomic E-state index is 0.229. The van der Waals surface area contributed by atoms with Gasteiger partial charge in [-0.3, -0.25) is 4.68 Å². The molecule has 108 valence electrons. The first-order valence-corrected chi connectivity index (χ1v) is 6.99. The van der Waals surface area contributed by atoms with E-state index in [2.05, 4.69) is 51.2 Å². The molecule has 0 unspecified atom stereocenters. The second-order valence-electron chi connectivity index (χ2n) is 5.20. The zero-order valence-corrected chi connectivity index (χ0v) is 12.5. The number of hydrogen-bond acceptors (Lipinski definition) is 3. The fourth-order valence-corrected chi connectivity index (χ4v) is 2.40. The molecule has 21 heavy (non-hydrogen) atoms.